The molecule has 0 unspecified atom stereocenters. The van der Waals surface area contributed by atoms with E-state index in [1.165, 1.54) is 13.2 Å². The summed E-state index contributed by atoms with van der Waals surface area (Å²) in [6, 6.07) is 13.7. The van der Waals surface area contributed by atoms with E-state index in [0.717, 1.165) is 82.5 Å². The number of benzene rings is 2. The average Bonchev–Trinajstić information content (AvgIpc) is 3.56. The number of methoxy groups -OCH3 is 1. The van der Waals surface area contributed by atoms with Crippen LogP contribution in [0.2, 0.25) is 0 Å². The van der Waals surface area contributed by atoms with Crippen molar-refractivity contribution in [3.05, 3.63) is 59.9 Å². The van der Waals surface area contributed by atoms with Crippen LogP contribution in [0, 0.1) is 17.7 Å². The molecule has 13 heteroatoms. The number of piperidine rings is 1. The average molecular weight is 731 g/mol. The zero-order chi connectivity index (χ0) is 35.6. The highest BCUT2D eigenvalue weighted by atomic mass is 32.2. The molecule has 1 aliphatic carbocycles. The Morgan fingerprint density at radius 2 is 1.76 bits per heavy atom. The highest BCUT2D eigenvalue weighted by molar-refractivity contribution is 7.91. The molecule has 0 radical (unpaired) electrons. The number of nitrogens with one attached hydrogen (secondary N) is 1. The Morgan fingerprint density at radius 3 is 2.41 bits per heavy atom. The van der Waals surface area contributed by atoms with E-state index >= 15 is 4.39 Å². The fraction of sp³-hybridized carbons (Fsp3) is 0.658. The Labute approximate surface area is 300 Å². The summed E-state index contributed by atoms with van der Waals surface area (Å²) in [6.45, 7) is 6.31. The molecule has 5 aliphatic rings. The van der Waals surface area contributed by atoms with Gasteiger partial charge in [-0.3, -0.25) is 4.90 Å². The van der Waals surface area contributed by atoms with Crippen LogP contribution >= 0.6 is 0 Å². The van der Waals surface area contributed by atoms with Gasteiger partial charge in [0, 0.05) is 30.2 Å². The monoisotopic (exact) mass is 730 g/mol. The first kappa shape index (κ1) is 36.5. The number of amides is 1. The van der Waals surface area contributed by atoms with Crippen LogP contribution in [0.5, 0.6) is 0 Å². The topological polar surface area (TPSA) is 101 Å². The summed E-state index contributed by atoms with van der Waals surface area (Å²) in [5, 5.41) is 3.14. The van der Waals surface area contributed by atoms with Crippen molar-refractivity contribution in [2.24, 2.45) is 11.8 Å². The molecule has 280 valence electrons. The van der Waals surface area contributed by atoms with Crippen LogP contribution in [-0.4, -0.2) is 127 Å². The molecule has 10 nitrogen and oxygen atoms in total. The van der Waals surface area contributed by atoms with Crippen LogP contribution in [0.1, 0.15) is 44.1 Å². The second-order valence-electron chi connectivity index (χ2n) is 15.4. The molecule has 4 saturated heterocycles. The molecule has 0 spiro atoms. The number of carbonyl (C=O) groups excluding carboxylic acids is 1. The molecule has 0 aromatic heterocycles. The molecule has 4 heterocycles. The molecule has 5 fully saturated rings. The molecular weight excluding hydrogens is 679 g/mol. The van der Waals surface area contributed by atoms with Gasteiger partial charge in [-0.2, -0.15) is 0 Å². The molecule has 51 heavy (non-hydrogen) atoms. The summed E-state index contributed by atoms with van der Waals surface area (Å²) >= 11 is 0. The number of carbonyl (C=O) groups is 1. The summed E-state index contributed by atoms with van der Waals surface area (Å²) in [6.07, 6.45) is 4.76. The second-order valence-corrected chi connectivity index (χ2v) is 17.4. The van der Waals surface area contributed by atoms with E-state index in [1.54, 1.807) is 30.3 Å². The van der Waals surface area contributed by atoms with Gasteiger partial charge in [-0.15, -0.1) is 0 Å². The van der Waals surface area contributed by atoms with Gasteiger partial charge >= 0.3 is 6.09 Å². The molecule has 4 aliphatic heterocycles. The number of rotatable bonds is 12. The van der Waals surface area contributed by atoms with Crippen molar-refractivity contribution in [2.75, 3.05) is 89.9 Å². The Hall–Kier alpha value is -2.84. The van der Waals surface area contributed by atoms with Crippen LogP contribution in [0.3, 0.4) is 0 Å². The van der Waals surface area contributed by atoms with Gasteiger partial charge < -0.3 is 29.3 Å². The zero-order valence-corrected chi connectivity index (χ0v) is 30.4. The SMILES string of the molecule is COC(=O)N[C@H]1CCC[C@@H]1[C@](CN1CCC1)(c1cccc(F)c1)C1CCN(CC2(F)CN(c3ccc(S(=O)(=O)C[C@@H]4COCCO4)cc3)C2)CC1. The molecular formula is C38H52F2N4O6S. The first-order valence-corrected chi connectivity index (χ1v) is 20.2. The van der Waals surface area contributed by atoms with Crippen LogP contribution in [-0.2, 0) is 29.5 Å². The molecule has 2 aromatic carbocycles. The Kier molecular flexibility index (Phi) is 10.9. The third-order valence-corrected chi connectivity index (χ3v) is 13.9. The van der Waals surface area contributed by atoms with Crippen molar-refractivity contribution in [2.45, 2.75) is 66.6 Å². The van der Waals surface area contributed by atoms with E-state index in [9.17, 15) is 17.6 Å². The van der Waals surface area contributed by atoms with Gasteiger partial charge in [-0.25, -0.2) is 22.0 Å². The van der Waals surface area contributed by atoms with Gasteiger partial charge in [-0.05, 0) is 112 Å². The Bertz CT molecular complexity index is 1610. The maximum atomic E-state index is 16.2. The van der Waals surface area contributed by atoms with Crippen molar-refractivity contribution < 1.29 is 36.2 Å². The van der Waals surface area contributed by atoms with Gasteiger partial charge in [0.15, 0.2) is 15.5 Å². The molecule has 4 atom stereocenters. The maximum absolute atomic E-state index is 16.2. The minimum Gasteiger partial charge on any atom is -0.453 e. The van der Waals surface area contributed by atoms with Crippen molar-refractivity contribution in [3.63, 3.8) is 0 Å². The summed E-state index contributed by atoms with van der Waals surface area (Å²) in [4.78, 5) is 19.4. The van der Waals surface area contributed by atoms with E-state index < -0.39 is 27.7 Å². The van der Waals surface area contributed by atoms with Gasteiger partial charge in [0.05, 0.1) is 56.8 Å². The number of ether oxygens (including phenoxy) is 3. The van der Waals surface area contributed by atoms with Gasteiger partial charge in [-0.1, -0.05) is 18.6 Å². The molecule has 1 N–H and O–H groups in total. The third kappa shape index (κ3) is 7.93. The highest BCUT2D eigenvalue weighted by Gasteiger charge is 2.54. The number of anilines is 1. The minimum atomic E-state index is -3.54. The quantitative estimate of drug-likeness (QED) is 0.340. The summed E-state index contributed by atoms with van der Waals surface area (Å²) in [7, 11) is -2.15. The van der Waals surface area contributed by atoms with Crippen LogP contribution in [0.15, 0.2) is 53.4 Å². The largest absolute Gasteiger partial charge is 0.453 e. The first-order valence-electron chi connectivity index (χ1n) is 18.6. The number of hydrogen-bond donors (Lipinski definition) is 1. The number of sulfone groups is 1. The zero-order valence-electron chi connectivity index (χ0n) is 29.6. The smallest absolute Gasteiger partial charge is 0.407 e. The van der Waals surface area contributed by atoms with Crippen LogP contribution in [0.4, 0.5) is 19.3 Å². The fourth-order valence-electron chi connectivity index (χ4n) is 9.50. The molecule has 2 aromatic rings. The first-order chi connectivity index (χ1) is 24.6. The standard InChI is InChI=1S/C38H52F2N4O6S/c1-48-36(45)41-35-8-3-7-34(35)38(27-42-15-4-16-42,29-5-2-6-30(39)21-29)28-13-17-43(18-14-28)24-37(40)25-44(26-37)31-9-11-33(12-10-31)51(46,47)23-32-22-49-19-20-50-32/h2,5-6,9-12,21,28,32,34-35H,3-4,7-8,13-20,22-27H2,1H3,(H,41,45)/t32-,34-,35-,38-/m0/s1. The number of halogens is 2. The van der Waals surface area contributed by atoms with Crippen LogP contribution < -0.4 is 10.2 Å². The summed E-state index contributed by atoms with van der Waals surface area (Å²) in [5.74, 6) is -0.0169. The molecule has 7 rings (SSSR count). The number of nitrogens with zero attached hydrogens (tertiary/aromatic N) is 3. The maximum Gasteiger partial charge on any atom is 0.407 e. The molecule has 1 saturated carbocycles. The number of alkyl halides is 1. The fourth-order valence-corrected chi connectivity index (χ4v) is 10.9. The van der Waals surface area contributed by atoms with Crippen LogP contribution in [0.25, 0.3) is 0 Å². The lowest BCUT2D eigenvalue weighted by Gasteiger charge is -2.54. The highest BCUT2D eigenvalue weighted by Crippen LogP contribution is 2.51. The van der Waals surface area contributed by atoms with Crippen molar-refractivity contribution in [3.8, 4) is 0 Å². The minimum absolute atomic E-state index is 0.0650. The van der Waals surface area contributed by atoms with Crippen molar-refractivity contribution in [1.82, 2.24) is 15.1 Å². The van der Waals surface area contributed by atoms with E-state index in [0.29, 0.717) is 19.8 Å². The number of likely N-dealkylation sites (tertiary alicyclic amines) is 2. The van der Waals surface area contributed by atoms with Gasteiger partial charge in [0.25, 0.3) is 0 Å². The van der Waals surface area contributed by atoms with Gasteiger partial charge in [0.1, 0.15) is 5.82 Å². The molecule has 0 bridgehead atoms. The normalized spacial score (nSPS) is 27.3. The third-order valence-electron chi connectivity index (χ3n) is 12.1. The van der Waals surface area contributed by atoms with Crippen molar-refractivity contribution >= 4 is 21.6 Å². The van der Waals surface area contributed by atoms with E-state index in [4.69, 9.17) is 14.2 Å². The summed E-state index contributed by atoms with van der Waals surface area (Å²) in [5.41, 5.74) is 0.0709. The van der Waals surface area contributed by atoms with E-state index in [1.807, 2.05) is 11.0 Å². The summed E-state index contributed by atoms with van der Waals surface area (Å²) < 4.78 is 72.9. The van der Waals surface area contributed by atoms with E-state index in [2.05, 4.69) is 21.2 Å². The van der Waals surface area contributed by atoms with Gasteiger partial charge in [0.2, 0.25) is 0 Å². The number of alkyl carbamates (subject to hydrolysis) is 1. The Balaban J connectivity index is 1.01. The number of hydrogen-bond acceptors (Lipinski definition) is 9. The molecule has 1 amide bonds. The lowest BCUT2D eigenvalue weighted by Crippen LogP contribution is -2.65. The lowest BCUT2D eigenvalue weighted by atomic mass is 9.57. The van der Waals surface area contributed by atoms with E-state index in [-0.39, 0.29) is 59.5 Å². The second kappa shape index (κ2) is 15.3. The predicted molar refractivity (Wildman–Crippen MR) is 190 cm³/mol. The predicted octanol–water partition coefficient (Wildman–Crippen LogP) is 4.42. The Morgan fingerprint density at radius 1 is 1.00 bits per heavy atom. The lowest BCUT2D eigenvalue weighted by molar-refractivity contribution is -0.0782. The van der Waals surface area contributed by atoms with Crippen molar-refractivity contribution in [1.29, 1.82) is 0 Å².